The Morgan fingerprint density at radius 2 is 0.667 bits per heavy atom. The molecule has 10 unspecified atom stereocenters. The number of hydrogen-bond acceptors (Lipinski definition) is 13. The van der Waals surface area contributed by atoms with Gasteiger partial charge in [0.2, 0.25) is 0 Å². The predicted octanol–water partition coefficient (Wildman–Crippen LogP) is -1.69. The van der Waals surface area contributed by atoms with Gasteiger partial charge in [-0.3, -0.25) is 0 Å². The monoisotopic (exact) mass is 851 g/mol. The summed E-state index contributed by atoms with van der Waals surface area (Å²) in [6.45, 7) is 26.0. The van der Waals surface area contributed by atoms with Crippen LogP contribution in [0.2, 0.25) is 0 Å². The van der Waals surface area contributed by atoms with Gasteiger partial charge in [0.05, 0.1) is 76.3 Å². The smallest absolute Gasteiger partial charge is 0.870 e. The van der Waals surface area contributed by atoms with E-state index in [0.29, 0.717) is 49.1 Å². The van der Waals surface area contributed by atoms with Crippen LogP contribution in [0.15, 0.2) is 0 Å². The third-order valence-electron chi connectivity index (χ3n) is 7.39. The standard InChI is InChI=1S/C16H34O4.C14H30O3.2C3H6O.C2H6O2.2K.3H2O.2H2/c1-13(5-7-15(3)17)11-19-9-10-20-12-14(2)6-8-16(4)18;1-11(5-7-13(3)15)9-17-10-12(2)6-8-14(4)16;2*1-3-2-4-3;3-1-2-4;;;;;;;/h13-18H,5-12H2,1-4H3;11-16H,5-10H2,1-4H3;2*3H,2H2,1H3;3-4H,1-2H2;;;3*1H2;2*1H/q;;;;;2*+1;;;;;/p-2/i;;;;;;;;;;2*1+1. The van der Waals surface area contributed by atoms with Gasteiger partial charge in [0.1, 0.15) is 0 Å². The van der Waals surface area contributed by atoms with E-state index in [1.165, 1.54) is 0 Å². The molecule has 0 spiro atoms. The summed E-state index contributed by atoms with van der Waals surface area (Å²) in [4.78, 5) is 0. The Hall–Kier alpha value is 2.71. The first kappa shape index (κ1) is 74.2. The van der Waals surface area contributed by atoms with Crippen LogP contribution in [0.4, 0.5) is 0 Å². The number of hydrogen-bond donors (Lipinski definition) is 6. The van der Waals surface area contributed by atoms with Gasteiger partial charge in [-0.2, -0.15) is 0 Å². The molecule has 10 N–H and O–H groups in total. The van der Waals surface area contributed by atoms with E-state index in [1.54, 1.807) is 0 Å². The summed E-state index contributed by atoms with van der Waals surface area (Å²) in [6.07, 6.45) is 7.70. The maximum absolute atomic E-state index is 9.20. The van der Waals surface area contributed by atoms with Gasteiger partial charge in [0, 0.05) is 29.3 Å². The van der Waals surface area contributed by atoms with E-state index in [0.717, 1.165) is 91.0 Å². The fourth-order valence-corrected chi connectivity index (χ4v) is 3.79. The summed E-state index contributed by atoms with van der Waals surface area (Å²) < 4.78 is 26.2. The maximum Gasteiger partial charge on any atom is 1.00 e. The molecule has 2 saturated heterocycles. The number of epoxide rings is 2. The second-order valence-corrected chi connectivity index (χ2v) is 14.5. The summed E-state index contributed by atoms with van der Waals surface area (Å²) in [5.74, 6) is 1.98. The molecule has 2 aliphatic rings. The third-order valence-corrected chi connectivity index (χ3v) is 7.39. The predicted molar refractivity (Wildman–Crippen MR) is 209 cm³/mol. The molecule has 0 bridgehead atoms. The van der Waals surface area contributed by atoms with E-state index in [2.05, 4.69) is 41.5 Å². The molecule has 328 valence electrons. The molecule has 0 radical (unpaired) electrons. The molecule has 16 heteroatoms. The van der Waals surface area contributed by atoms with E-state index in [1.807, 2.05) is 27.7 Å². The van der Waals surface area contributed by atoms with Crippen LogP contribution in [0, 0.1) is 23.7 Å². The summed E-state index contributed by atoms with van der Waals surface area (Å²) in [7, 11) is 0. The van der Waals surface area contributed by atoms with Crippen molar-refractivity contribution in [3.05, 3.63) is 0 Å². The summed E-state index contributed by atoms with van der Waals surface area (Å²) in [6, 6.07) is 0. The van der Waals surface area contributed by atoms with Crippen molar-refractivity contribution < 1.29 is 176 Å². The quantitative estimate of drug-likeness (QED) is 0.0361. The zero-order chi connectivity index (χ0) is 38.0. The molecule has 0 aromatic rings. The molecule has 2 aliphatic heterocycles. The summed E-state index contributed by atoms with van der Waals surface area (Å²) in [5, 5.41) is 52.0. The summed E-state index contributed by atoms with van der Waals surface area (Å²) in [5.41, 5.74) is 0. The van der Waals surface area contributed by atoms with E-state index in [-0.39, 0.29) is 160 Å². The summed E-state index contributed by atoms with van der Waals surface area (Å²) >= 11 is 0. The number of ether oxygens (including phenoxy) is 5. The Kier molecular flexibility index (Phi) is 73.8. The molecule has 2 heterocycles. The molecule has 0 saturated carbocycles. The Morgan fingerprint density at radius 3 is 0.815 bits per heavy atom. The zero-order valence-corrected chi connectivity index (χ0v) is 42.9. The van der Waals surface area contributed by atoms with E-state index >= 15 is 0 Å². The van der Waals surface area contributed by atoms with Crippen molar-refractivity contribution >= 4 is 0 Å². The molecule has 54 heavy (non-hydrogen) atoms. The van der Waals surface area contributed by atoms with Crippen LogP contribution < -0.4 is 103 Å². The first-order valence-corrected chi connectivity index (χ1v) is 18.9. The van der Waals surface area contributed by atoms with Crippen LogP contribution >= 0.6 is 0 Å². The molecule has 0 aromatic heterocycles. The second-order valence-electron chi connectivity index (χ2n) is 14.5. The van der Waals surface area contributed by atoms with Gasteiger partial charge in [-0.25, -0.2) is 0 Å². The van der Waals surface area contributed by atoms with Gasteiger partial charge in [0.25, 0.3) is 0 Å². The van der Waals surface area contributed by atoms with Gasteiger partial charge in [-0.05, 0) is 117 Å². The van der Waals surface area contributed by atoms with Gasteiger partial charge in [-0.15, -0.1) is 0 Å². The van der Waals surface area contributed by atoms with Gasteiger partial charge in [-0.1, -0.05) is 27.7 Å². The normalized spacial score (nSPS) is 18.9. The molecule has 0 aliphatic carbocycles. The topological polar surface area (TPSA) is 266 Å². The van der Waals surface area contributed by atoms with Crippen LogP contribution in [-0.4, -0.2) is 150 Å². The van der Waals surface area contributed by atoms with Crippen LogP contribution in [0.3, 0.4) is 0 Å². The van der Waals surface area contributed by atoms with E-state index in [9.17, 15) is 20.4 Å². The maximum atomic E-state index is 9.20. The molecule has 0 amide bonds. The van der Waals surface area contributed by atoms with Crippen molar-refractivity contribution in [1.29, 1.82) is 0 Å². The fourth-order valence-electron chi connectivity index (χ4n) is 3.79. The molecule has 14 nitrogen and oxygen atoms in total. The van der Waals surface area contributed by atoms with Gasteiger partial charge in [0.15, 0.2) is 0 Å². The average Bonchev–Trinajstić information content (AvgIpc) is 3.99. The minimum absolute atomic E-state index is 0. The van der Waals surface area contributed by atoms with Crippen LogP contribution in [-0.2, 0) is 23.7 Å². The van der Waals surface area contributed by atoms with E-state index < -0.39 is 0 Å². The first-order valence-electron chi connectivity index (χ1n) is 18.9. The van der Waals surface area contributed by atoms with Crippen molar-refractivity contribution in [2.75, 3.05) is 66.1 Å². The van der Waals surface area contributed by atoms with Crippen molar-refractivity contribution in [1.82, 2.24) is 0 Å². The number of aliphatic hydroxyl groups is 6. The average molecular weight is 851 g/mol. The van der Waals surface area contributed by atoms with Gasteiger partial charge < -0.3 is 70.8 Å². The first-order chi connectivity index (χ1) is 23.0. The molecular weight excluding hydrogens is 759 g/mol. The Balaban J connectivity index is -0.0000000661. The van der Waals surface area contributed by atoms with Crippen molar-refractivity contribution in [2.45, 2.75) is 157 Å². The molecular formula is C38H90K2O14. The minimum atomic E-state index is -0.219. The minimum Gasteiger partial charge on any atom is -0.870 e. The van der Waals surface area contributed by atoms with Crippen LogP contribution in [0.25, 0.3) is 0 Å². The molecule has 0 aromatic carbocycles. The van der Waals surface area contributed by atoms with Crippen molar-refractivity contribution in [3.8, 4) is 0 Å². The Labute approximate surface area is 418 Å². The molecule has 10 atom stereocenters. The van der Waals surface area contributed by atoms with Gasteiger partial charge >= 0.3 is 103 Å². The number of aliphatic hydroxyl groups excluding tert-OH is 6. The SMILES string of the molecule is CC(O)CCC(C)COCC(C)CCC(C)O.CC(O)CCC(C)COCCOCC(C)CCC(C)O.CC1CO1.CC1CO1.O.OCCO.[2HH].[2HH].[K+].[K+].[OH-].[OH-]. The number of rotatable bonds is 24. The third kappa shape index (κ3) is 79.0. The fraction of sp³-hybridized carbons (Fsp3) is 1.00. The van der Waals surface area contributed by atoms with E-state index in [4.69, 9.17) is 33.9 Å². The largest absolute Gasteiger partial charge is 1.00 e. The Morgan fingerprint density at radius 1 is 0.481 bits per heavy atom. The van der Waals surface area contributed by atoms with Crippen LogP contribution in [0.1, 0.15) is 123 Å². The molecule has 2 rings (SSSR count). The van der Waals surface area contributed by atoms with Crippen molar-refractivity contribution in [2.24, 2.45) is 23.7 Å². The molecule has 2 fully saturated rings. The zero-order valence-electron chi connectivity index (χ0n) is 36.6. The second kappa shape index (κ2) is 53.7. The Bertz CT molecular complexity index is 608. The van der Waals surface area contributed by atoms with Crippen LogP contribution in [0.5, 0.6) is 0 Å². The van der Waals surface area contributed by atoms with Crippen molar-refractivity contribution in [3.63, 3.8) is 0 Å².